The zero-order chi connectivity index (χ0) is 17.8. The Morgan fingerprint density at radius 3 is 2.58 bits per heavy atom. The summed E-state index contributed by atoms with van der Waals surface area (Å²) in [5, 5.41) is 6.65. The van der Waals surface area contributed by atoms with Crippen LogP contribution < -0.4 is 10.6 Å². The highest BCUT2D eigenvalue weighted by atomic mass is 32.2. The standard InChI is InChI=1S/C18H31FN4S/c1-5-23(6-2)11-7-10-21-18(20-3)22-13-15-8-9-17(19)12-16(15)14-24-4/h8-9,12H,5-7,10-11,13-14H2,1-4H3,(H2,20,21,22). The monoisotopic (exact) mass is 354 g/mol. The van der Waals surface area contributed by atoms with E-state index in [4.69, 9.17) is 0 Å². The molecule has 0 heterocycles. The lowest BCUT2D eigenvalue weighted by atomic mass is 10.1. The molecule has 136 valence electrons. The lowest BCUT2D eigenvalue weighted by molar-refractivity contribution is 0.300. The summed E-state index contributed by atoms with van der Waals surface area (Å²) in [7, 11) is 1.77. The van der Waals surface area contributed by atoms with Crippen LogP contribution in [0.1, 0.15) is 31.4 Å². The molecule has 1 aromatic carbocycles. The van der Waals surface area contributed by atoms with Gasteiger partial charge in [0.25, 0.3) is 0 Å². The van der Waals surface area contributed by atoms with Gasteiger partial charge in [-0.3, -0.25) is 4.99 Å². The number of guanidine groups is 1. The van der Waals surface area contributed by atoms with E-state index < -0.39 is 0 Å². The quantitative estimate of drug-likeness (QED) is 0.385. The molecule has 0 spiro atoms. The van der Waals surface area contributed by atoms with E-state index in [1.54, 1.807) is 24.9 Å². The number of thioether (sulfide) groups is 1. The summed E-state index contributed by atoms with van der Waals surface area (Å²) in [4.78, 5) is 6.66. The molecule has 0 unspecified atom stereocenters. The molecule has 0 radical (unpaired) electrons. The highest BCUT2D eigenvalue weighted by molar-refractivity contribution is 7.97. The van der Waals surface area contributed by atoms with Crippen molar-refractivity contribution < 1.29 is 4.39 Å². The molecule has 0 aliphatic rings. The third kappa shape index (κ3) is 7.53. The van der Waals surface area contributed by atoms with Crippen molar-refractivity contribution in [1.29, 1.82) is 0 Å². The predicted octanol–water partition coefficient (Wildman–Crippen LogP) is 3.09. The van der Waals surface area contributed by atoms with E-state index in [0.29, 0.717) is 6.54 Å². The van der Waals surface area contributed by atoms with Gasteiger partial charge in [0, 0.05) is 25.9 Å². The smallest absolute Gasteiger partial charge is 0.191 e. The first-order valence-corrected chi connectivity index (χ1v) is 9.97. The van der Waals surface area contributed by atoms with Gasteiger partial charge in [-0.1, -0.05) is 19.9 Å². The highest BCUT2D eigenvalue weighted by Gasteiger charge is 2.05. The number of hydrogen-bond donors (Lipinski definition) is 2. The predicted molar refractivity (Wildman–Crippen MR) is 104 cm³/mol. The van der Waals surface area contributed by atoms with E-state index in [1.807, 2.05) is 12.3 Å². The first kappa shape index (κ1) is 20.8. The Morgan fingerprint density at radius 2 is 1.96 bits per heavy atom. The Morgan fingerprint density at radius 1 is 1.21 bits per heavy atom. The van der Waals surface area contributed by atoms with E-state index in [-0.39, 0.29) is 5.82 Å². The maximum absolute atomic E-state index is 13.4. The second-order valence-electron chi connectivity index (χ2n) is 5.58. The number of aliphatic imine (C=N–C) groups is 1. The zero-order valence-corrected chi connectivity index (χ0v) is 16.2. The van der Waals surface area contributed by atoms with Gasteiger partial charge in [-0.05, 0) is 55.6 Å². The van der Waals surface area contributed by atoms with Gasteiger partial charge in [0.15, 0.2) is 5.96 Å². The molecule has 1 rings (SSSR count). The lowest BCUT2D eigenvalue weighted by Crippen LogP contribution is -2.38. The molecule has 24 heavy (non-hydrogen) atoms. The molecule has 2 N–H and O–H groups in total. The molecule has 0 atom stereocenters. The van der Waals surface area contributed by atoms with Gasteiger partial charge >= 0.3 is 0 Å². The third-order valence-corrected chi connectivity index (χ3v) is 4.58. The van der Waals surface area contributed by atoms with Gasteiger partial charge in [0.1, 0.15) is 5.82 Å². The van der Waals surface area contributed by atoms with Crippen LogP contribution in [0.2, 0.25) is 0 Å². The van der Waals surface area contributed by atoms with Gasteiger partial charge in [-0.15, -0.1) is 0 Å². The van der Waals surface area contributed by atoms with Crippen LogP contribution in [-0.4, -0.2) is 50.3 Å². The summed E-state index contributed by atoms with van der Waals surface area (Å²) in [6.45, 7) is 9.17. The van der Waals surface area contributed by atoms with E-state index in [9.17, 15) is 4.39 Å². The van der Waals surface area contributed by atoms with Crippen molar-refractivity contribution in [2.45, 2.75) is 32.6 Å². The van der Waals surface area contributed by atoms with E-state index >= 15 is 0 Å². The molecule has 1 aromatic rings. The fraction of sp³-hybridized carbons (Fsp3) is 0.611. The molecular formula is C18H31FN4S. The average Bonchev–Trinajstić information content (AvgIpc) is 2.59. The van der Waals surface area contributed by atoms with Crippen LogP contribution in [-0.2, 0) is 12.3 Å². The Kier molecular flexibility index (Phi) is 10.5. The van der Waals surface area contributed by atoms with Gasteiger partial charge < -0.3 is 15.5 Å². The SMILES string of the molecule is CCN(CC)CCCNC(=NC)NCc1ccc(F)cc1CSC. The molecule has 0 aliphatic heterocycles. The minimum atomic E-state index is -0.179. The Labute approximate surface area is 150 Å². The summed E-state index contributed by atoms with van der Waals surface area (Å²) in [6, 6.07) is 4.98. The molecule has 0 amide bonds. The summed E-state index contributed by atoms with van der Waals surface area (Å²) in [6.07, 6.45) is 3.11. The minimum Gasteiger partial charge on any atom is -0.356 e. The van der Waals surface area contributed by atoms with E-state index in [1.165, 1.54) is 6.07 Å². The van der Waals surface area contributed by atoms with Crippen molar-refractivity contribution in [3.63, 3.8) is 0 Å². The number of nitrogens with zero attached hydrogens (tertiary/aromatic N) is 2. The molecule has 0 saturated carbocycles. The number of nitrogens with one attached hydrogen (secondary N) is 2. The summed E-state index contributed by atoms with van der Waals surface area (Å²) < 4.78 is 13.4. The number of halogens is 1. The molecule has 0 saturated heterocycles. The van der Waals surface area contributed by atoms with E-state index in [0.717, 1.165) is 55.4 Å². The number of hydrogen-bond acceptors (Lipinski definition) is 3. The van der Waals surface area contributed by atoms with Crippen molar-refractivity contribution in [3.05, 3.63) is 35.1 Å². The first-order chi connectivity index (χ1) is 11.6. The van der Waals surface area contributed by atoms with Gasteiger partial charge in [-0.2, -0.15) is 11.8 Å². The first-order valence-electron chi connectivity index (χ1n) is 8.57. The van der Waals surface area contributed by atoms with Crippen LogP contribution in [0, 0.1) is 5.82 Å². The summed E-state index contributed by atoms with van der Waals surface area (Å²) in [5.74, 6) is 1.42. The summed E-state index contributed by atoms with van der Waals surface area (Å²) in [5.41, 5.74) is 2.14. The molecule has 4 nitrogen and oxygen atoms in total. The molecule has 6 heteroatoms. The topological polar surface area (TPSA) is 39.7 Å². The Hall–Kier alpha value is -1.27. The molecule has 0 bridgehead atoms. The Balaban J connectivity index is 2.44. The zero-order valence-electron chi connectivity index (χ0n) is 15.4. The van der Waals surface area contributed by atoms with Crippen molar-refractivity contribution in [2.24, 2.45) is 4.99 Å². The highest BCUT2D eigenvalue weighted by Crippen LogP contribution is 2.16. The van der Waals surface area contributed by atoms with Crippen molar-refractivity contribution in [3.8, 4) is 0 Å². The lowest BCUT2D eigenvalue weighted by Gasteiger charge is -2.18. The van der Waals surface area contributed by atoms with Crippen LogP contribution in [0.4, 0.5) is 4.39 Å². The second kappa shape index (κ2) is 12.1. The second-order valence-corrected chi connectivity index (χ2v) is 6.45. The fourth-order valence-electron chi connectivity index (χ4n) is 2.51. The molecular weight excluding hydrogens is 323 g/mol. The normalized spacial score (nSPS) is 11.8. The minimum absolute atomic E-state index is 0.179. The van der Waals surface area contributed by atoms with Crippen LogP contribution in [0.25, 0.3) is 0 Å². The van der Waals surface area contributed by atoms with Crippen molar-refractivity contribution >= 4 is 17.7 Å². The average molecular weight is 355 g/mol. The maximum atomic E-state index is 13.4. The van der Waals surface area contributed by atoms with E-state index in [2.05, 4.69) is 34.4 Å². The van der Waals surface area contributed by atoms with Crippen LogP contribution in [0.3, 0.4) is 0 Å². The molecule has 0 aromatic heterocycles. The van der Waals surface area contributed by atoms with Gasteiger partial charge in [0.2, 0.25) is 0 Å². The Bertz CT molecular complexity index is 504. The van der Waals surface area contributed by atoms with Gasteiger partial charge in [-0.25, -0.2) is 4.39 Å². The van der Waals surface area contributed by atoms with Crippen LogP contribution in [0.15, 0.2) is 23.2 Å². The van der Waals surface area contributed by atoms with Gasteiger partial charge in [0.05, 0.1) is 0 Å². The molecule has 0 aliphatic carbocycles. The largest absolute Gasteiger partial charge is 0.356 e. The number of benzene rings is 1. The van der Waals surface area contributed by atoms with Crippen molar-refractivity contribution in [1.82, 2.24) is 15.5 Å². The maximum Gasteiger partial charge on any atom is 0.191 e. The molecule has 0 fully saturated rings. The number of rotatable bonds is 10. The fourth-order valence-corrected chi connectivity index (χ4v) is 3.09. The summed E-state index contributed by atoms with van der Waals surface area (Å²) >= 11 is 1.70. The van der Waals surface area contributed by atoms with Crippen LogP contribution in [0.5, 0.6) is 0 Å². The van der Waals surface area contributed by atoms with Crippen molar-refractivity contribution in [2.75, 3.05) is 39.5 Å². The van der Waals surface area contributed by atoms with Crippen LogP contribution >= 0.6 is 11.8 Å². The third-order valence-electron chi connectivity index (χ3n) is 3.98.